The van der Waals surface area contributed by atoms with Crippen molar-refractivity contribution in [3.05, 3.63) is 24.5 Å². The molecule has 2 rings (SSSR count). The zero-order chi connectivity index (χ0) is 14.4. The van der Waals surface area contributed by atoms with Gasteiger partial charge in [-0.1, -0.05) is 0 Å². The van der Waals surface area contributed by atoms with E-state index in [1.807, 2.05) is 24.5 Å². The van der Waals surface area contributed by atoms with Crippen molar-refractivity contribution in [2.24, 2.45) is 0 Å². The van der Waals surface area contributed by atoms with Crippen LogP contribution < -0.4 is 9.47 Å². The fourth-order valence-corrected chi connectivity index (χ4v) is 2.81. The van der Waals surface area contributed by atoms with Crippen molar-refractivity contribution in [3.8, 4) is 0 Å². The van der Waals surface area contributed by atoms with Crippen LogP contribution >= 0.6 is 23.2 Å². The Morgan fingerprint density at radius 2 is 1.70 bits per heavy atom. The van der Waals surface area contributed by atoms with Gasteiger partial charge in [-0.3, -0.25) is 0 Å². The van der Waals surface area contributed by atoms with Crippen molar-refractivity contribution in [1.29, 1.82) is 0 Å². The Morgan fingerprint density at radius 3 is 2.20 bits per heavy atom. The smallest absolute Gasteiger partial charge is 0.371 e. The highest BCUT2D eigenvalue weighted by molar-refractivity contribution is 6.18. The zero-order valence-corrected chi connectivity index (χ0v) is 13.0. The molecular weight excluding hydrogens is 297 g/mol. The summed E-state index contributed by atoms with van der Waals surface area (Å²) in [6.45, 7) is 3.22. The number of hydrogen-bond donors (Lipinski definition) is 0. The van der Waals surface area contributed by atoms with Crippen LogP contribution in [-0.2, 0) is 0 Å². The molecule has 1 aliphatic heterocycles. The van der Waals surface area contributed by atoms with Crippen LogP contribution in [0.3, 0.4) is 0 Å². The number of anilines is 1. The van der Waals surface area contributed by atoms with Crippen molar-refractivity contribution < 1.29 is 9.36 Å². The van der Waals surface area contributed by atoms with E-state index < -0.39 is 0 Å². The van der Waals surface area contributed by atoms with Gasteiger partial charge in [0.25, 0.3) is 0 Å². The fraction of sp³-hybridized carbons (Fsp3) is 0.571. The Hall–Kier alpha value is -1.00. The van der Waals surface area contributed by atoms with Crippen molar-refractivity contribution in [2.45, 2.75) is 12.8 Å². The summed E-state index contributed by atoms with van der Waals surface area (Å²) >= 11 is 11.4. The van der Waals surface area contributed by atoms with Crippen LogP contribution in [0.15, 0.2) is 24.5 Å². The number of aromatic nitrogens is 1. The molecule has 0 unspecified atom stereocenters. The van der Waals surface area contributed by atoms with E-state index in [2.05, 4.69) is 4.90 Å². The van der Waals surface area contributed by atoms with Crippen LogP contribution in [0, 0.1) is 0 Å². The lowest BCUT2D eigenvalue weighted by Gasteiger charge is -2.17. The molecule has 1 amide bonds. The second kappa shape index (κ2) is 7.70. The zero-order valence-electron chi connectivity index (χ0n) is 11.5. The molecule has 0 N–H and O–H groups in total. The minimum atomic E-state index is -0.0840. The Bertz CT molecular complexity index is 427. The summed E-state index contributed by atoms with van der Waals surface area (Å²) in [7, 11) is 0. The highest BCUT2D eigenvalue weighted by Gasteiger charge is 2.23. The Labute approximate surface area is 129 Å². The Balaban J connectivity index is 2.05. The summed E-state index contributed by atoms with van der Waals surface area (Å²) in [6, 6.07) is 3.89. The van der Waals surface area contributed by atoms with Crippen LogP contribution in [0.1, 0.15) is 12.8 Å². The number of nitrogens with zero attached hydrogens (tertiary/aromatic N) is 3. The summed E-state index contributed by atoms with van der Waals surface area (Å²) in [4.78, 5) is 16.3. The maximum absolute atomic E-state index is 12.3. The molecule has 0 aliphatic carbocycles. The van der Waals surface area contributed by atoms with Crippen LogP contribution in [0.25, 0.3) is 0 Å². The van der Waals surface area contributed by atoms with E-state index in [0.29, 0.717) is 24.8 Å². The van der Waals surface area contributed by atoms with Crippen LogP contribution in [0.2, 0.25) is 0 Å². The van der Waals surface area contributed by atoms with Gasteiger partial charge in [-0.2, -0.15) is 9.36 Å². The molecule has 110 valence electrons. The molecule has 20 heavy (non-hydrogen) atoms. The first-order valence-electron chi connectivity index (χ1n) is 6.93. The van der Waals surface area contributed by atoms with Gasteiger partial charge in [0.2, 0.25) is 0 Å². The molecule has 4 nitrogen and oxygen atoms in total. The van der Waals surface area contributed by atoms with E-state index >= 15 is 0 Å². The SMILES string of the molecule is O=C(N(CCCl)CCCl)[n+]1ccc(N2CCCC2)cc1. The number of carbonyl (C=O) groups is 1. The molecule has 0 bridgehead atoms. The second-order valence-corrected chi connectivity index (χ2v) is 5.56. The van der Waals surface area contributed by atoms with Crippen LogP contribution in [0.4, 0.5) is 10.5 Å². The normalized spacial score (nSPS) is 14.6. The highest BCUT2D eigenvalue weighted by atomic mass is 35.5. The van der Waals surface area contributed by atoms with Crippen molar-refractivity contribution in [2.75, 3.05) is 42.8 Å². The maximum Gasteiger partial charge on any atom is 0.497 e. The van der Waals surface area contributed by atoms with Gasteiger partial charge >= 0.3 is 6.03 Å². The number of rotatable bonds is 5. The van der Waals surface area contributed by atoms with Gasteiger partial charge in [0.1, 0.15) is 25.5 Å². The molecule has 1 aromatic heterocycles. The van der Waals surface area contributed by atoms with Crippen LogP contribution in [-0.4, -0.2) is 48.9 Å². The van der Waals surface area contributed by atoms with Gasteiger partial charge in [-0.05, 0) is 12.8 Å². The average Bonchev–Trinajstić information content (AvgIpc) is 3.01. The van der Waals surface area contributed by atoms with Gasteiger partial charge in [-0.15, -0.1) is 23.2 Å². The average molecular weight is 317 g/mol. The molecule has 0 spiro atoms. The number of carbonyl (C=O) groups excluding carboxylic acids is 1. The van der Waals surface area contributed by atoms with E-state index in [1.165, 1.54) is 18.5 Å². The van der Waals surface area contributed by atoms with E-state index in [-0.39, 0.29) is 6.03 Å². The topological polar surface area (TPSA) is 27.4 Å². The molecule has 0 atom stereocenters. The summed E-state index contributed by atoms with van der Waals surface area (Å²) in [5.41, 5.74) is 1.17. The monoisotopic (exact) mass is 316 g/mol. The lowest BCUT2D eigenvalue weighted by atomic mass is 10.3. The Kier molecular flexibility index (Phi) is 5.92. The van der Waals surface area contributed by atoms with Crippen molar-refractivity contribution in [1.82, 2.24) is 4.90 Å². The first-order valence-corrected chi connectivity index (χ1v) is 8.00. The number of halogens is 2. The largest absolute Gasteiger partial charge is 0.497 e. The minimum Gasteiger partial charge on any atom is -0.371 e. The Morgan fingerprint density at radius 1 is 1.15 bits per heavy atom. The first kappa shape index (κ1) is 15.4. The third-order valence-corrected chi connectivity index (χ3v) is 3.82. The summed E-state index contributed by atoms with van der Waals surface area (Å²) < 4.78 is 1.58. The molecule has 6 heteroatoms. The lowest BCUT2D eigenvalue weighted by molar-refractivity contribution is -0.578. The van der Waals surface area contributed by atoms with E-state index in [9.17, 15) is 4.79 Å². The van der Waals surface area contributed by atoms with Gasteiger partial charge in [0, 0.05) is 30.9 Å². The first-order chi connectivity index (χ1) is 9.76. The van der Waals surface area contributed by atoms with Gasteiger partial charge < -0.3 is 4.90 Å². The third kappa shape index (κ3) is 3.76. The minimum absolute atomic E-state index is 0.0840. The molecule has 1 aromatic rings. The molecule has 2 heterocycles. The summed E-state index contributed by atoms with van der Waals surface area (Å²) in [6.07, 6.45) is 6.11. The predicted molar refractivity (Wildman–Crippen MR) is 81.9 cm³/mol. The van der Waals surface area contributed by atoms with Crippen LogP contribution in [0.5, 0.6) is 0 Å². The predicted octanol–water partition coefficient (Wildman–Crippen LogP) is 2.32. The van der Waals surface area contributed by atoms with E-state index in [0.717, 1.165) is 13.1 Å². The molecular formula is C14H20Cl2N3O+. The number of amides is 1. The third-order valence-electron chi connectivity index (χ3n) is 3.48. The summed E-state index contributed by atoms with van der Waals surface area (Å²) in [5.74, 6) is 0.824. The summed E-state index contributed by atoms with van der Waals surface area (Å²) in [5, 5.41) is 0. The molecule has 0 radical (unpaired) electrons. The number of hydrogen-bond acceptors (Lipinski definition) is 2. The van der Waals surface area contributed by atoms with E-state index in [4.69, 9.17) is 23.2 Å². The lowest BCUT2D eigenvalue weighted by Crippen LogP contribution is -2.53. The highest BCUT2D eigenvalue weighted by Crippen LogP contribution is 2.17. The number of alkyl halides is 2. The molecule has 1 saturated heterocycles. The van der Waals surface area contributed by atoms with Gasteiger partial charge in [0.05, 0.1) is 11.8 Å². The van der Waals surface area contributed by atoms with E-state index in [1.54, 1.807) is 9.47 Å². The molecule has 1 aliphatic rings. The van der Waals surface area contributed by atoms with Gasteiger partial charge in [0.15, 0.2) is 0 Å². The molecule has 0 aromatic carbocycles. The van der Waals surface area contributed by atoms with Crippen molar-refractivity contribution in [3.63, 3.8) is 0 Å². The molecule has 0 saturated carbocycles. The standard InChI is InChI=1S/C14H20Cl2N3O/c15-5-11-19(12-6-16)14(20)18-9-3-13(4-10-18)17-7-1-2-8-17/h3-4,9-10H,1-2,5-8,11-12H2/q+1. The maximum atomic E-state index is 12.3. The van der Waals surface area contributed by atoms with Crippen molar-refractivity contribution >= 4 is 34.9 Å². The fourth-order valence-electron chi connectivity index (χ4n) is 2.40. The number of pyridine rings is 1. The second-order valence-electron chi connectivity index (χ2n) is 4.81. The van der Waals surface area contributed by atoms with Gasteiger partial charge in [-0.25, -0.2) is 4.90 Å². The quantitative estimate of drug-likeness (QED) is 0.616. The molecule has 1 fully saturated rings.